The zero-order chi connectivity index (χ0) is 12.8. The van der Waals surface area contributed by atoms with E-state index < -0.39 is 12.1 Å². The first-order chi connectivity index (χ1) is 8.08. The molecular formula is C12H16O5. The lowest BCUT2D eigenvalue weighted by atomic mass is 10.2. The van der Waals surface area contributed by atoms with E-state index in [1.54, 1.807) is 6.07 Å². The Morgan fingerprint density at radius 3 is 2.71 bits per heavy atom. The molecule has 1 aromatic rings. The second kappa shape index (κ2) is 6.10. The van der Waals surface area contributed by atoms with Gasteiger partial charge < -0.3 is 19.7 Å². The second-order valence-electron chi connectivity index (χ2n) is 3.54. The monoisotopic (exact) mass is 240 g/mol. The van der Waals surface area contributed by atoms with Crippen molar-refractivity contribution < 1.29 is 24.5 Å². The first-order valence-corrected chi connectivity index (χ1v) is 5.30. The molecule has 0 aliphatic carbocycles. The van der Waals surface area contributed by atoms with E-state index in [-0.39, 0.29) is 17.9 Å². The van der Waals surface area contributed by atoms with E-state index in [0.29, 0.717) is 12.2 Å². The van der Waals surface area contributed by atoms with Gasteiger partial charge in [-0.15, -0.1) is 0 Å². The van der Waals surface area contributed by atoms with Crippen molar-refractivity contribution in [2.24, 2.45) is 0 Å². The molecule has 5 nitrogen and oxygen atoms in total. The first kappa shape index (κ1) is 13.3. The molecule has 0 fully saturated rings. The van der Waals surface area contributed by atoms with Crippen molar-refractivity contribution in [3.05, 3.63) is 23.8 Å². The third kappa shape index (κ3) is 3.64. The Kier molecular flexibility index (Phi) is 4.78. The number of methoxy groups -OCH3 is 1. The summed E-state index contributed by atoms with van der Waals surface area (Å²) >= 11 is 0. The number of carboxylic acids is 1. The van der Waals surface area contributed by atoms with Crippen molar-refractivity contribution >= 4 is 5.97 Å². The highest BCUT2D eigenvalue weighted by Crippen LogP contribution is 2.25. The molecule has 0 spiro atoms. The number of carbonyl (C=O) groups is 1. The number of benzene rings is 1. The Labute approximate surface area is 99.6 Å². The van der Waals surface area contributed by atoms with Crippen LogP contribution in [-0.4, -0.2) is 36.0 Å². The van der Waals surface area contributed by atoms with Crippen molar-refractivity contribution in [3.8, 4) is 11.5 Å². The summed E-state index contributed by atoms with van der Waals surface area (Å²) in [6.07, 6.45) is -0.0605. The molecular weight excluding hydrogens is 224 g/mol. The van der Waals surface area contributed by atoms with Gasteiger partial charge in [-0.2, -0.15) is 0 Å². The van der Waals surface area contributed by atoms with E-state index in [4.69, 9.17) is 14.6 Å². The third-order valence-corrected chi connectivity index (χ3v) is 2.32. The van der Waals surface area contributed by atoms with Crippen LogP contribution in [0.25, 0.3) is 0 Å². The second-order valence-corrected chi connectivity index (χ2v) is 3.54. The summed E-state index contributed by atoms with van der Waals surface area (Å²) in [5, 5.41) is 18.3. The molecule has 0 aliphatic rings. The standard InChI is InChI=1S/C12H16O5/c1-3-8(13)7-17-11-6-9(16-2)4-5-10(11)12(14)15/h4-6,8,13H,3,7H2,1-2H3,(H,14,15). The van der Waals surface area contributed by atoms with E-state index in [9.17, 15) is 9.90 Å². The van der Waals surface area contributed by atoms with Crippen LogP contribution < -0.4 is 9.47 Å². The Morgan fingerprint density at radius 2 is 2.18 bits per heavy atom. The van der Waals surface area contributed by atoms with Crippen LogP contribution in [0.3, 0.4) is 0 Å². The predicted octanol–water partition coefficient (Wildman–Crippen LogP) is 1.54. The van der Waals surface area contributed by atoms with Crippen LogP contribution in [0.5, 0.6) is 11.5 Å². The van der Waals surface area contributed by atoms with Crippen molar-refractivity contribution in [3.63, 3.8) is 0 Å². The molecule has 1 atom stereocenters. The topological polar surface area (TPSA) is 76.0 Å². The SMILES string of the molecule is CCC(O)COc1cc(OC)ccc1C(=O)O. The quantitative estimate of drug-likeness (QED) is 0.788. The minimum atomic E-state index is -1.08. The summed E-state index contributed by atoms with van der Waals surface area (Å²) in [7, 11) is 1.49. The number of aromatic carboxylic acids is 1. The number of carboxylic acid groups (broad SMARTS) is 1. The van der Waals surface area contributed by atoms with Crippen LogP contribution in [0.2, 0.25) is 0 Å². The number of hydrogen-bond acceptors (Lipinski definition) is 4. The summed E-state index contributed by atoms with van der Waals surface area (Å²) in [4.78, 5) is 11.0. The van der Waals surface area contributed by atoms with Gasteiger partial charge in [0.05, 0.1) is 13.2 Å². The number of aliphatic hydroxyl groups excluding tert-OH is 1. The Bertz CT molecular complexity index is 388. The van der Waals surface area contributed by atoms with Crippen molar-refractivity contribution in [2.75, 3.05) is 13.7 Å². The largest absolute Gasteiger partial charge is 0.497 e. The van der Waals surface area contributed by atoms with Gasteiger partial charge >= 0.3 is 5.97 Å². The fourth-order valence-electron chi connectivity index (χ4n) is 1.23. The zero-order valence-electron chi connectivity index (χ0n) is 9.84. The summed E-state index contributed by atoms with van der Waals surface area (Å²) in [5.41, 5.74) is 0.0501. The molecule has 0 saturated heterocycles. The molecule has 0 radical (unpaired) electrons. The van der Waals surface area contributed by atoms with Crippen LogP contribution in [0.15, 0.2) is 18.2 Å². The molecule has 1 aromatic carbocycles. The Hall–Kier alpha value is -1.75. The Morgan fingerprint density at radius 1 is 1.47 bits per heavy atom. The number of aliphatic hydroxyl groups is 1. The molecule has 1 unspecified atom stereocenters. The third-order valence-electron chi connectivity index (χ3n) is 2.32. The van der Waals surface area contributed by atoms with E-state index >= 15 is 0 Å². The van der Waals surface area contributed by atoms with E-state index in [1.165, 1.54) is 19.2 Å². The number of ether oxygens (including phenoxy) is 2. The molecule has 0 heterocycles. The Balaban J connectivity index is 2.89. The molecule has 5 heteroatoms. The van der Waals surface area contributed by atoms with Gasteiger partial charge in [0, 0.05) is 6.07 Å². The van der Waals surface area contributed by atoms with Gasteiger partial charge in [-0.05, 0) is 18.6 Å². The fraction of sp³-hybridized carbons (Fsp3) is 0.417. The van der Waals surface area contributed by atoms with Gasteiger partial charge in [0.2, 0.25) is 0 Å². The highest BCUT2D eigenvalue weighted by atomic mass is 16.5. The van der Waals surface area contributed by atoms with Crippen molar-refractivity contribution in [2.45, 2.75) is 19.4 Å². The van der Waals surface area contributed by atoms with Gasteiger partial charge in [-0.1, -0.05) is 6.92 Å². The number of hydrogen-bond donors (Lipinski definition) is 2. The van der Waals surface area contributed by atoms with E-state index in [2.05, 4.69) is 0 Å². The van der Waals surface area contributed by atoms with E-state index in [0.717, 1.165) is 0 Å². The maximum absolute atomic E-state index is 11.0. The molecule has 2 N–H and O–H groups in total. The molecule has 0 amide bonds. The van der Waals surface area contributed by atoms with Crippen LogP contribution in [-0.2, 0) is 0 Å². The van der Waals surface area contributed by atoms with E-state index in [1.807, 2.05) is 6.92 Å². The maximum Gasteiger partial charge on any atom is 0.339 e. The maximum atomic E-state index is 11.0. The molecule has 0 saturated carbocycles. The molecule has 17 heavy (non-hydrogen) atoms. The highest BCUT2D eigenvalue weighted by molar-refractivity contribution is 5.91. The summed E-state index contributed by atoms with van der Waals surface area (Å²) in [6.45, 7) is 1.88. The smallest absolute Gasteiger partial charge is 0.339 e. The minimum Gasteiger partial charge on any atom is -0.497 e. The molecule has 0 aromatic heterocycles. The van der Waals surface area contributed by atoms with Crippen LogP contribution in [0.4, 0.5) is 0 Å². The first-order valence-electron chi connectivity index (χ1n) is 5.30. The molecule has 0 bridgehead atoms. The lowest BCUT2D eigenvalue weighted by Crippen LogP contribution is -2.17. The fourth-order valence-corrected chi connectivity index (χ4v) is 1.23. The van der Waals surface area contributed by atoms with Gasteiger partial charge in [-0.25, -0.2) is 4.79 Å². The lowest BCUT2D eigenvalue weighted by molar-refractivity contribution is 0.0682. The predicted molar refractivity (Wildman–Crippen MR) is 61.7 cm³/mol. The summed E-state index contributed by atoms with van der Waals surface area (Å²) in [5.74, 6) is -0.367. The molecule has 94 valence electrons. The molecule has 1 rings (SSSR count). The minimum absolute atomic E-state index is 0.0501. The van der Waals surface area contributed by atoms with Crippen molar-refractivity contribution in [1.82, 2.24) is 0 Å². The van der Waals surface area contributed by atoms with Gasteiger partial charge in [0.25, 0.3) is 0 Å². The highest BCUT2D eigenvalue weighted by Gasteiger charge is 2.13. The van der Waals surface area contributed by atoms with Crippen molar-refractivity contribution in [1.29, 1.82) is 0 Å². The van der Waals surface area contributed by atoms with Crippen LogP contribution in [0, 0.1) is 0 Å². The molecule has 0 aliphatic heterocycles. The van der Waals surface area contributed by atoms with Gasteiger partial charge in [-0.3, -0.25) is 0 Å². The normalized spacial score (nSPS) is 11.9. The lowest BCUT2D eigenvalue weighted by Gasteiger charge is -2.13. The average Bonchev–Trinajstić information content (AvgIpc) is 2.35. The number of rotatable bonds is 6. The average molecular weight is 240 g/mol. The summed E-state index contributed by atoms with van der Waals surface area (Å²) in [6, 6.07) is 4.45. The van der Waals surface area contributed by atoms with Crippen LogP contribution >= 0.6 is 0 Å². The summed E-state index contributed by atoms with van der Waals surface area (Å²) < 4.78 is 10.3. The van der Waals surface area contributed by atoms with Gasteiger partial charge in [0.1, 0.15) is 23.7 Å². The zero-order valence-corrected chi connectivity index (χ0v) is 9.84. The van der Waals surface area contributed by atoms with Gasteiger partial charge in [0.15, 0.2) is 0 Å². The van der Waals surface area contributed by atoms with Crippen LogP contribution in [0.1, 0.15) is 23.7 Å².